The molecule has 0 atom stereocenters. The van der Waals surface area contributed by atoms with Crippen molar-refractivity contribution in [2.24, 2.45) is 5.73 Å². The Morgan fingerprint density at radius 3 is 2.55 bits per heavy atom. The number of hydrogen-bond acceptors (Lipinski definition) is 7. The minimum Gasteiger partial charge on any atom is -0.496 e. The van der Waals surface area contributed by atoms with Crippen LogP contribution in [0.15, 0.2) is 49.1 Å². The molecule has 0 radical (unpaired) electrons. The van der Waals surface area contributed by atoms with Crippen LogP contribution in [0.1, 0.15) is 15.9 Å². The summed E-state index contributed by atoms with van der Waals surface area (Å²) in [6.45, 7) is 0.133. The summed E-state index contributed by atoms with van der Waals surface area (Å²) in [5.41, 5.74) is 11.0. The van der Waals surface area contributed by atoms with Gasteiger partial charge in [0, 0.05) is 73.1 Å². The van der Waals surface area contributed by atoms with Crippen molar-refractivity contribution in [3.8, 4) is 28.0 Å². The number of nitrogens with one attached hydrogen (secondary N) is 1. The summed E-state index contributed by atoms with van der Waals surface area (Å²) in [6.07, 6.45) is 6.76. The number of benzene rings is 1. The van der Waals surface area contributed by atoms with E-state index in [1.807, 2.05) is 12.3 Å². The summed E-state index contributed by atoms with van der Waals surface area (Å²) in [6, 6.07) is 7.12. The molecular formula is C23H24BN5O4. The highest BCUT2D eigenvalue weighted by atomic mass is 16.5. The van der Waals surface area contributed by atoms with Crippen molar-refractivity contribution in [2.45, 2.75) is 6.54 Å². The number of hydrogen-bond donors (Lipinski definition) is 4. The lowest BCUT2D eigenvalue weighted by Gasteiger charge is -2.14. The first-order chi connectivity index (χ1) is 15.8. The number of carbonyl (C=O) groups is 1. The van der Waals surface area contributed by atoms with Gasteiger partial charge in [0.05, 0.1) is 12.7 Å². The van der Waals surface area contributed by atoms with Crippen molar-refractivity contribution in [2.75, 3.05) is 21.2 Å². The Kier molecular flexibility index (Phi) is 6.15. The number of nitrogens with zero attached hydrogens (tertiary/aromatic N) is 3. The third kappa shape index (κ3) is 4.19. The third-order valence-corrected chi connectivity index (χ3v) is 5.51. The number of aromatic amines is 1. The molecule has 0 spiro atoms. The van der Waals surface area contributed by atoms with E-state index in [0.717, 1.165) is 27.6 Å². The third-order valence-electron chi connectivity index (χ3n) is 5.51. The first-order valence-corrected chi connectivity index (χ1v) is 10.3. The Morgan fingerprint density at radius 2 is 1.88 bits per heavy atom. The number of aromatic nitrogens is 3. The zero-order valence-corrected chi connectivity index (χ0v) is 18.5. The van der Waals surface area contributed by atoms with Crippen molar-refractivity contribution in [1.29, 1.82) is 0 Å². The second-order valence-electron chi connectivity index (χ2n) is 7.81. The van der Waals surface area contributed by atoms with Gasteiger partial charge in [0.25, 0.3) is 5.91 Å². The molecule has 3 heterocycles. The maximum atomic E-state index is 12.4. The predicted octanol–water partition coefficient (Wildman–Crippen LogP) is 1.14. The van der Waals surface area contributed by atoms with Crippen LogP contribution in [0.25, 0.3) is 33.3 Å². The molecule has 168 valence electrons. The summed E-state index contributed by atoms with van der Waals surface area (Å²) in [5, 5.41) is 20.2. The molecule has 0 bridgehead atoms. The largest absolute Gasteiger partial charge is 0.496 e. The van der Waals surface area contributed by atoms with Gasteiger partial charge in [-0.05, 0) is 35.3 Å². The molecule has 4 aromatic rings. The van der Waals surface area contributed by atoms with Gasteiger partial charge in [-0.2, -0.15) is 0 Å². The minimum absolute atomic E-state index is 0.133. The van der Waals surface area contributed by atoms with E-state index in [9.17, 15) is 14.8 Å². The molecule has 5 N–H and O–H groups in total. The van der Waals surface area contributed by atoms with Crippen molar-refractivity contribution >= 4 is 29.5 Å². The molecule has 1 amide bonds. The fourth-order valence-electron chi connectivity index (χ4n) is 3.79. The predicted molar refractivity (Wildman–Crippen MR) is 127 cm³/mol. The molecule has 3 aromatic heterocycles. The SMILES string of the molecule is COc1cc(B(O)O)c(CN)cc1-c1c[nH]c2ncc(-c3cncc(C(=O)N(C)C)c3)cc12. The molecule has 0 saturated carbocycles. The summed E-state index contributed by atoms with van der Waals surface area (Å²) in [7, 11) is 3.25. The lowest BCUT2D eigenvalue weighted by Crippen LogP contribution is -2.34. The van der Waals surface area contributed by atoms with Gasteiger partial charge in [-0.25, -0.2) is 4.98 Å². The van der Waals surface area contributed by atoms with Gasteiger partial charge in [0.2, 0.25) is 0 Å². The fraction of sp³-hybridized carbons (Fsp3) is 0.174. The normalized spacial score (nSPS) is 11.0. The lowest BCUT2D eigenvalue weighted by atomic mass is 9.76. The lowest BCUT2D eigenvalue weighted by molar-refractivity contribution is 0.0827. The summed E-state index contributed by atoms with van der Waals surface area (Å²) >= 11 is 0. The van der Waals surface area contributed by atoms with E-state index >= 15 is 0 Å². The van der Waals surface area contributed by atoms with Crippen LogP contribution < -0.4 is 15.9 Å². The Bertz CT molecular complexity index is 1340. The molecular weight excluding hydrogens is 421 g/mol. The summed E-state index contributed by atoms with van der Waals surface area (Å²) in [5.74, 6) is 0.341. The van der Waals surface area contributed by atoms with Crippen LogP contribution in [0.2, 0.25) is 0 Å². The molecule has 0 aliphatic heterocycles. The molecule has 0 unspecified atom stereocenters. The monoisotopic (exact) mass is 445 g/mol. The highest BCUT2D eigenvalue weighted by molar-refractivity contribution is 6.59. The number of pyridine rings is 2. The average Bonchev–Trinajstić information content (AvgIpc) is 3.25. The molecule has 0 saturated heterocycles. The molecule has 9 nitrogen and oxygen atoms in total. The Morgan fingerprint density at radius 1 is 1.12 bits per heavy atom. The van der Waals surface area contributed by atoms with E-state index in [0.29, 0.717) is 28.0 Å². The molecule has 1 aromatic carbocycles. The van der Waals surface area contributed by atoms with E-state index in [1.54, 1.807) is 44.7 Å². The zero-order chi connectivity index (χ0) is 23.7. The second kappa shape index (κ2) is 9.03. The van der Waals surface area contributed by atoms with Crippen LogP contribution in [-0.2, 0) is 6.54 Å². The van der Waals surface area contributed by atoms with Crippen molar-refractivity contribution in [3.05, 3.63) is 60.2 Å². The molecule has 33 heavy (non-hydrogen) atoms. The molecule has 0 aliphatic rings. The molecule has 0 aliphatic carbocycles. The standard InChI is InChI=1S/C23H24BN5O4/c1-29(2)23(30)16-4-14(9-26-10-16)15-6-18-19(12-28-22(18)27-11-15)17-5-13(8-25)20(24(31)32)7-21(17)33-3/h4-7,9-12,31-32H,8,25H2,1-3H3,(H,27,28). The highest BCUT2D eigenvalue weighted by Crippen LogP contribution is 2.36. The van der Waals surface area contributed by atoms with Crippen LogP contribution in [0, 0.1) is 0 Å². The van der Waals surface area contributed by atoms with Gasteiger partial charge in [0.1, 0.15) is 11.4 Å². The molecule has 4 rings (SSSR count). The topological polar surface area (TPSA) is 138 Å². The minimum atomic E-state index is -1.66. The van der Waals surface area contributed by atoms with Gasteiger partial charge >= 0.3 is 7.12 Å². The molecule has 0 fully saturated rings. The number of carbonyl (C=O) groups excluding carboxylic acids is 1. The quantitative estimate of drug-likeness (QED) is 0.327. The number of amides is 1. The first kappa shape index (κ1) is 22.5. The van der Waals surface area contributed by atoms with E-state index < -0.39 is 7.12 Å². The fourth-order valence-corrected chi connectivity index (χ4v) is 3.79. The van der Waals surface area contributed by atoms with Gasteiger partial charge in [-0.15, -0.1) is 0 Å². The zero-order valence-electron chi connectivity index (χ0n) is 18.5. The number of nitrogens with two attached hydrogens (primary N) is 1. The molecule has 10 heteroatoms. The maximum absolute atomic E-state index is 12.4. The van der Waals surface area contributed by atoms with E-state index in [4.69, 9.17) is 10.5 Å². The second-order valence-corrected chi connectivity index (χ2v) is 7.81. The van der Waals surface area contributed by atoms with Crippen molar-refractivity contribution in [1.82, 2.24) is 19.9 Å². The summed E-state index contributed by atoms with van der Waals surface area (Å²) in [4.78, 5) is 25.8. The Hall–Kier alpha value is -3.73. The van der Waals surface area contributed by atoms with E-state index in [1.165, 1.54) is 18.2 Å². The van der Waals surface area contributed by atoms with Gasteiger partial charge in [-0.3, -0.25) is 9.78 Å². The van der Waals surface area contributed by atoms with Crippen molar-refractivity contribution < 1.29 is 19.6 Å². The van der Waals surface area contributed by atoms with Crippen molar-refractivity contribution in [3.63, 3.8) is 0 Å². The maximum Gasteiger partial charge on any atom is 0.488 e. The Balaban J connectivity index is 1.86. The number of rotatable bonds is 6. The van der Waals surface area contributed by atoms with Crippen LogP contribution >= 0.6 is 0 Å². The highest BCUT2D eigenvalue weighted by Gasteiger charge is 2.21. The number of fused-ring (bicyclic) bond motifs is 1. The summed E-state index contributed by atoms with van der Waals surface area (Å²) < 4.78 is 5.54. The Labute approximate surface area is 191 Å². The number of H-pyrrole nitrogens is 1. The van der Waals surface area contributed by atoms with Crippen LogP contribution in [-0.4, -0.2) is 64.1 Å². The first-order valence-electron chi connectivity index (χ1n) is 10.3. The van der Waals surface area contributed by atoms with Gasteiger partial charge in [-0.1, -0.05) is 0 Å². The van der Waals surface area contributed by atoms with Crippen LogP contribution in [0.3, 0.4) is 0 Å². The van der Waals surface area contributed by atoms with Crippen LogP contribution in [0.5, 0.6) is 5.75 Å². The number of methoxy groups -OCH3 is 1. The average molecular weight is 445 g/mol. The van der Waals surface area contributed by atoms with E-state index in [-0.39, 0.29) is 12.5 Å². The van der Waals surface area contributed by atoms with Gasteiger partial charge in [0.15, 0.2) is 0 Å². The smallest absolute Gasteiger partial charge is 0.488 e. The number of ether oxygens (including phenoxy) is 1. The van der Waals surface area contributed by atoms with Gasteiger partial charge < -0.3 is 30.4 Å². The van der Waals surface area contributed by atoms with E-state index in [2.05, 4.69) is 15.0 Å². The van der Waals surface area contributed by atoms with Crippen LogP contribution in [0.4, 0.5) is 0 Å².